The first-order chi connectivity index (χ1) is 9.15. The predicted molar refractivity (Wildman–Crippen MR) is 65.0 cm³/mol. The fourth-order valence-corrected chi connectivity index (χ4v) is 2.07. The van der Waals surface area contributed by atoms with Crippen molar-refractivity contribution >= 4 is 17.5 Å². The van der Waals surface area contributed by atoms with Gasteiger partial charge in [-0.2, -0.15) is 4.98 Å². The Morgan fingerprint density at radius 3 is 2.74 bits per heavy atom. The van der Waals surface area contributed by atoms with Crippen LogP contribution in [0.5, 0.6) is 0 Å². The Bertz CT molecular complexity index is 546. The molecule has 0 fully saturated rings. The summed E-state index contributed by atoms with van der Waals surface area (Å²) in [6, 6.07) is 9.60. The minimum absolute atomic E-state index is 0.0750. The van der Waals surface area contributed by atoms with E-state index in [0.29, 0.717) is 11.6 Å². The summed E-state index contributed by atoms with van der Waals surface area (Å²) in [5, 5.41) is 3.64. The molecule has 0 atom stereocenters. The number of benzene rings is 1. The van der Waals surface area contributed by atoms with Crippen molar-refractivity contribution in [3.8, 4) is 0 Å². The Balaban J connectivity index is 1.89. The first-order valence-corrected chi connectivity index (χ1v) is 6.44. The van der Waals surface area contributed by atoms with Gasteiger partial charge in [0.2, 0.25) is 11.7 Å². The highest BCUT2D eigenvalue weighted by Crippen LogP contribution is 2.20. The molecule has 0 bridgehead atoms. The average Bonchev–Trinajstić information content (AvgIpc) is 2.85. The van der Waals surface area contributed by atoms with Crippen LogP contribution in [0.3, 0.4) is 0 Å². The average molecular weight is 284 g/mol. The van der Waals surface area contributed by atoms with E-state index in [2.05, 4.69) is 10.1 Å². The molecule has 7 heteroatoms. The van der Waals surface area contributed by atoms with Gasteiger partial charge in [0.05, 0.1) is 12.2 Å². The Morgan fingerprint density at radius 2 is 2.05 bits per heavy atom. The van der Waals surface area contributed by atoms with Gasteiger partial charge in [-0.05, 0) is 12.1 Å². The summed E-state index contributed by atoms with van der Waals surface area (Å²) >= 11 is 1.49. The van der Waals surface area contributed by atoms with Crippen molar-refractivity contribution in [2.75, 3.05) is 0 Å². The second kappa shape index (κ2) is 6.42. The third-order valence-electron chi connectivity index (χ3n) is 2.19. The van der Waals surface area contributed by atoms with Gasteiger partial charge in [0.25, 0.3) is 6.43 Å². The predicted octanol–water partition coefficient (Wildman–Crippen LogP) is 2.74. The van der Waals surface area contributed by atoms with E-state index in [-0.39, 0.29) is 5.89 Å². The Kier molecular flexibility index (Phi) is 4.62. The molecule has 0 aliphatic carbocycles. The maximum absolute atomic E-state index is 12.0. The van der Waals surface area contributed by atoms with E-state index >= 15 is 0 Å². The molecule has 1 aromatic carbocycles. The van der Waals surface area contributed by atoms with Gasteiger partial charge in [0.1, 0.15) is 0 Å². The van der Waals surface area contributed by atoms with E-state index in [4.69, 9.17) is 4.52 Å². The summed E-state index contributed by atoms with van der Waals surface area (Å²) in [5.74, 6) is -0.457. The number of aromatic nitrogens is 2. The largest absolute Gasteiger partial charge is 0.339 e. The molecule has 0 N–H and O–H groups in total. The molecule has 100 valence electrons. The van der Waals surface area contributed by atoms with Gasteiger partial charge in [-0.1, -0.05) is 23.4 Å². The van der Waals surface area contributed by atoms with Crippen molar-refractivity contribution < 1.29 is 18.1 Å². The van der Waals surface area contributed by atoms with Gasteiger partial charge in [-0.3, -0.25) is 4.79 Å². The minimum atomic E-state index is -3.01. The highest BCUT2D eigenvalue weighted by Gasteiger charge is 2.19. The second-order valence-corrected chi connectivity index (χ2v) is 4.70. The molecule has 19 heavy (non-hydrogen) atoms. The molecule has 0 saturated heterocycles. The van der Waals surface area contributed by atoms with Crippen LogP contribution >= 0.6 is 11.8 Å². The van der Waals surface area contributed by atoms with Crippen LogP contribution in [0.4, 0.5) is 8.78 Å². The number of hydrogen-bond acceptors (Lipinski definition) is 5. The molecule has 0 saturated carbocycles. The Morgan fingerprint density at radius 1 is 1.32 bits per heavy atom. The molecule has 1 aromatic heterocycles. The number of thioether (sulfide) groups is 1. The summed E-state index contributed by atoms with van der Waals surface area (Å²) in [5.41, 5.74) is 0. The van der Waals surface area contributed by atoms with Crippen LogP contribution in [0, 0.1) is 0 Å². The molecule has 0 spiro atoms. The SMILES string of the molecule is O=C(Cc1nc(CSc2ccccc2)no1)C(F)F. The maximum Gasteiger partial charge on any atom is 0.296 e. The van der Waals surface area contributed by atoms with Crippen molar-refractivity contribution in [1.29, 1.82) is 0 Å². The van der Waals surface area contributed by atoms with E-state index in [9.17, 15) is 13.6 Å². The first kappa shape index (κ1) is 13.7. The zero-order valence-electron chi connectivity index (χ0n) is 9.75. The number of ketones is 1. The zero-order chi connectivity index (χ0) is 13.7. The van der Waals surface area contributed by atoms with Gasteiger partial charge >= 0.3 is 0 Å². The lowest BCUT2D eigenvalue weighted by Crippen LogP contribution is -2.12. The monoisotopic (exact) mass is 284 g/mol. The lowest BCUT2D eigenvalue weighted by molar-refractivity contribution is -0.129. The molecular weight excluding hydrogens is 274 g/mol. The molecule has 2 aromatic rings. The number of rotatable bonds is 6. The molecular formula is C12H10F2N2O2S. The Labute approximate surface area is 112 Å². The number of carbonyl (C=O) groups is 1. The van der Waals surface area contributed by atoms with Gasteiger partial charge < -0.3 is 4.52 Å². The van der Waals surface area contributed by atoms with Crippen molar-refractivity contribution in [1.82, 2.24) is 10.1 Å². The van der Waals surface area contributed by atoms with E-state index in [1.54, 1.807) is 0 Å². The molecule has 0 amide bonds. The summed E-state index contributed by atoms with van der Waals surface area (Å²) in [4.78, 5) is 15.8. The van der Waals surface area contributed by atoms with Crippen LogP contribution in [0.25, 0.3) is 0 Å². The van der Waals surface area contributed by atoms with Crippen molar-refractivity contribution in [3.63, 3.8) is 0 Å². The lowest BCUT2D eigenvalue weighted by atomic mass is 10.3. The summed E-state index contributed by atoms with van der Waals surface area (Å²) in [6.07, 6.45) is -3.53. The van der Waals surface area contributed by atoms with Crippen LogP contribution in [-0.2, 0) is 17.0 Å². The third kappa shape index (κ3) is 4.13. The van der Waals surface area contributed by atoms with Crippen molar-refractivity contribution in [3.05, 3.63) is 42.0 Å². The standard InChI is InChI=1S/C12H10F2N2O2S/c13-12(14)9(17)6-11-15-10(16-18-11)7-19-8-4-2-1-3-5-8/h1-5,12H,6-7H2. The van der Waals surface area contributed by atoms with Gasteiger partial charge in [-0.25, -0.2) is 8.78 Å². The van der Waals surface area contributed by atoms with Crippen LogP contribution in [-0.4, -0.2) is 22.3 Å². The molecule has 0 aliphatic heterocycles. The quantitative estimate of drug-likeness (QED) is 0.763. The highest BCUT2D eigenvalue weighted by atomic mass is 32.2. The molecule has 2 rings (SSSR count). The fourth-order valence-electron chi connectivity index (χ4n) is 1.31. The lowest BCUT2D eigenvalue weighted by Gasteiger charge is -1.96. The fraction of sp³-hybridized carbons (Fsp3) is 0.250. The zero-order valence-corrected chi connectivity index (χ0v) is 10.6. The van der Waals surface area contributed by atoms with Crippen molar-refractivity contribution in [2.45, 2.75) is 23.5 Å². The summed E-state index contributed by atoms with van der Waals surface area (Å²) in [6.45, 7) is 0. The molecule has 0 unspecified atom stereocenters. The first-order valence-electron chi connectivity index (χ1n) is 5.45. The summed E-state index contributed by atoms with van der Waals surface area (Å²) in [7, 11) is 0. The van der Waals surface area contributed by atoms with E-state index in [0.717, 1.165) is 4.90 Å². The normalized spacial score (nSPS) is 10.9. The summed E-state index contributed by atoms with van der Waals surface area (Å²) < 4.78 is 28.8. The Hall–Kier alpha value is -1.76. The van der Waals surface area contributed by atoms with Gasteiger partial charge in [0.15, 0.2) is 5.82 Å². The minimum Gasteiger partial charge on any atom is -0.339 e. The number of hydrogen-bond donors (Lipinski definition) is 0. The maximum atomic E-state index is 12.0. The van der Waals surface area contributed by atoms with Crippen LogP contribution in [0.2, 0.25) is 0 Å². The highest BCUT2D eigenvalue weighted by molar-refractivity contribution is 7.98. The number of Topliss-reactive ketones (excluding diaryl/α,β-unsaturated/α-hetero) is 1. The molecule has 0 radical (unpaired) electrons. The number of carbonyl (C=O) groups excluding carboxylic acids is 1. The van der Waals surface area contributed by atoms with E-state index in [1.165, 1.54) is 11.8 Å². The number of halogens is 2. The molecule has 4 nitrogen and oxygen atoms in total. The number of alkyl halides is 2. The van der Waals surface area contributed by atoms with Gasteiger partial charge in [0, 0.05) is 4.90 Å². The topological polar surface area (TPSA) is 56.0 Å². The van der Waals surface area contributed by atoms with Gasteiger partial charge in [-0.15, -0.1) is 11.8 Å². The third-order valence-corrected chi connectivity index (χ3v) is 3.20. The van der Waals surface area contributed by atoms with Crippen molar-refractivity contribution in [2.24, 2.45) is 0 Å². The van der Waals surface area contributed by atoms with E-state index < -0.39 is 18.6 Å². The van der Waals surface area contributed by atoms with Crippen LogP contribution < -0.4 is 0 Å². The molecule has 0 aliphatic rings. The van der Waals surface area contributed by atoms with E-state index in [1.807, 2.05) is 30.3 Å². The number of nitrogens with zero attached hydrogens (tertiary/aromatic N) is 2. The second-order valence-electron chi connectivity index (χ2n) is 3.65. The molecule has 1 heterocycles. The van der Waals surface area contributed by atoms with Crippen LogP contribution in [0.1, 0.15) is 11.7 Å². The van der Waals surface area contributed by atoms with Crippen LogP contribution in [0.15, 0.2) is 39.8 Å². The smallest absolute Gasteiger partial charge is 0.296 e.